The Balaban J connectivity index is 1.39. The molecule has 0 aliphatic heterocycles. The van der Waals surface area contributed by atoms with Crippen LogP contribution >= 0.6 is 28.1 Å². The first-order valence-electron chi connectivity index (χ1n) is 9.16. The van der Waals surface area contributed by atoms with Crippen molar-refractivity contribution in [3.8, 4) is 23.0 Å². The Morgan fingerprint density at radius 1 is 1.13 bits per heavy atom. The van der Waals surface area contributed by atoms with Crippen molar-refractivity contribution in [1.82, 2.24) is 10.3 Å². The minimum Gasteiger partial charge on any atom is -0.507 e. The number of nitrogens with one attached hydrogen (secondary N) is 2. The van der Waals surface area contributed by atoms with E-state index in [1.165, 1.54) is 0 Å². The molecule has 4 aromatic rings. The number of aromatic hydroxyl groups is 1. The van der Waals surface area contributed by atoms with Gasteiger partial charge in [-0.3, -0.25) is 10.1 Å². The SMILES string of the molecule is O=C(COc1ccccc1)NC(=S)Nc1ccc2oc(-c3ccc(O)c(Br)c3)nc2c1. The van der Waals surface area contributed by atoms with E-state index in [0.717, 1.165) is 5.56 Å². The summed E-state index contributed by atoms with van der Waals surface area (Å²) in [5.41, 5.74) is 2.58. The maximum atomic E-state index is 12.0. The average molecular weight is 498 g/mol. The molecule has 1 aromatic heterocycles. The summed E-state index contributed by atoms with van der Waals surface area (Å²) in [7, 11) is 0. The number of amides is 1. The molecule has 0 unspecified atom stereocenters. The molecule has 3 aromatic carbocycles. The summed E-state index contributed by atoms with van der Waals surface area (Å²) >= 11 is 8.49. The Morgan fingerprint density at radius 2 is 1.94 bits per heavy atom. The fraction of sp³-hybridized carbons (Fsp3) is 0.0455. The number of fused-ring (bicyclic) bond motifs is 1. The number of halogens is 1. The standard InChI is InChI=1S/C22H16BrN3O4S/c23-16-10-13(6-8-18(16)27)21-25-17-11-14(7-9-19(17)30-21)24-22(31)26-20(28)12-29-15-4-2-1-3-5-15/h1-11,27H,12H2,(H2,24,26,28,31). The third-order valence-electron chi connectivity index (χ3n) is 4.21. The van der Waals surface area contributed by atoms with Crippen LogP contribution in [-0.2, 0) is 4.79 Å². The smallest absolute Gasteiger partial charge is 0.264 e. The predicted molar refractivity (Wildman–Crippen MR) is 125 cm³/mol. The molecule has 0 bridgehead atoms. The molecule has 156 valence electrons. The topological polar surface area (TPSA) is 96.6 Å². The molecule has 7 nitrogen and oxygen atoms in total. The molecule has 0 saturated heterocycles. The quantitative estimate of drug-likeness (QED) is 0.339. The summed E-state index contributed by atoms with van der Waals surface area (Å²) in [6.45, 7) is -0.153. The fourth-order valence-corrected chi connectivity index (χ4v) is 3.37. The number of rotatable bonds is 5. The molecule has 0 saturated carbocycles. The van der Waals surface area contributed by atoms with Gasteiger partial charge in [-0.15, -0.1) is 0 Å². The Labute approximate surface area is 191 Å². The molecular weight excluding hydrogens is 482 g/mol. The Morgan fingerprint density at radius 3 is 2.71 bits per heavy atom. The maximum absolute atomic E-state index is 12.0. The third-order valence-corrected chi connectivity index (χ3v) is 5.05. The highest BCUT2D eigenvalue weighted by Crippen LogP contribution is 2.31. The number of phenolic OH excluding ortho intramolecular Hbond substituents is 1. The molecule has 3 N–H and O–H groups in total. The van der Waals surface area contributed by atoms with Crippen molar-refractivity contribution in [2.24, 2.45) is 0 Å². The second-order valence-corrected chi connectivity index (χ2v) is 7.73. The summed E-state index contributed by atoms with van der Waals surface area (Å²) in [5, 5.41) is 15.3. The summed E-state index contributed by atoms with van der Waals surface area (Å²) in [5.74, 6) is 0.784. The number of benzene rings is 3. The van der Waals surface area contributed by atoms with Gasteiger partial charge in [0.1, 0.15) is 17.0 Å². The van der Waals surface area contributed by atoms with Crippen LogP contribution in [-0.4, -0.2) is 27.7 Å². The average Bonchev–Trinajstić information content (AvgIpc) is 3.18. The number of carbonyl (C=O) groups excluding carboxylic acids is 1. The lowest BCUT2D eigenvalue weighted by Gasteiger charge is -2.10. The molecule has 0 radical (unpaired) electrons. The number of para-hydroxylation sites is 1. The molecule has 1 amide bonds. The number of nitrogens with zero attached hydrogens (tertiary/aromatic N) is 1. The summed E-state index contributed by atoms with van der Waals surface area (Å²) < 4.78 is 11.7. The minimum absolute atomic E-state index is 0.135. The van der Waals surface area contributed by atoms with E-state index in [0.29, 0.717) is 32.9 Å². The van der Waals surface area contributed by atoms with Crippen molar-refractivity contribution in [2.45, 2.75) is 0 Å². The first kappa shape index (κ1) is 20.8. The first-order chi connectivity index (χ1) is 15.0. The lowest BCUT2D eigenvalue weighted by Crippen LogP contribution is -2.37. The van der Waals surface area contributed by atoms with Gasteiger partial charge < -0.3 is 19.6 Å². The van der Waals surface area contributed by atoms with E-state index in [-0.39, 0.29) is 23.4 Å². The Kier molecular flexibility index (Phi) is 6.15. The lowest BCUT2D eigenvalue weighted by atomic mass is 10.2. The molecule has 0 fully saturated rings. The molecule has 0 spiro atoms. The summed E-state index contributed by atoms with van der Waals surface area (Å²) in [6, 6.07) is 19.3. The van der Waals surface area contributed by atoms with Gasteiger partial charge in [-0.1, -0.05) is 18.2 Å². The van der Waals surface area contributed by atoms with Gasteiger partial charge in [0.25, 0.3) is 5.91 Å². The maximum Gasteiger partial charge on any atom is 0.264 e. The largest absolute Gasteiger partial charge is 0.507 e. The highest BCUT2D eigenvalue weighted by atomic mass is 79.9. The lowest BCUT2D eigenvalue weighted by molar-refractivity contribution is -0.121. The Hall–Kier alpha value is -3.43. The van der Waals surface area contributed by atoms with Crippen LogP contribution in [0.15, 0.2) is 75.6 Å². The number of phenols is 1. The van der Waals surface area contributed by atoms with Crippen molar-refractivity contribution in [3.05, 3.63) is 71.2 Å². The van der Waals surface area contributed by atoms with Crippen molar-refractivity contribution < 1.29 is 19.1 Å². The number of ether oxygens (including phenoxy) is 1. The predicted octanol–water partition coefficient (Wildman–Crippen LogP) is 4.85. The Bertz CT molecular complexity index is 1260. The van der Waals surface area contributed by atoms with Crippen molar-refractivity contribution in [1.29, 1.82) is 0 Å². The van der Waals surface area contributed by atoms with E-state index in [2.05, 4.69) is 31.5 Å². The van der Waals surface area contributed by atoms with E-state index in [4.69, 9.17) is 21.4 Å². The number of thiocarbonyl (C=S) groups is 1. The van der Waals surface area contributed by atoms with Crippen LogP contribution < -0.4 is 15.4 Å². The van der Waals surface area contributed by atoms with Crippen molar-refractivity contribution >= 4 is 56.0 Å². The molecule has 1 heterocycles. The number of aromatic nitrogens is 1. The highest BCUT2D eigenvalue weighted by Gasteiger charge is 2.12. The van der Waals surface area contributed by atoms with Gasteiger partial charge in [-0.05, 0) is 76.7 Å². The van der Waals surface area contributed by atoms with Crippen LogP contribution in [0.4, 0.5) is 5.69 Å². The monoisotopic (exact) mass is 497 g/mol. The van der Waals surface area contributed by atoms with Crippen LogP contribution in [0.5, 0.6) is 11.5 Å². The zero-order valence-electron chi connectivity index (χ0n) is 16.0. The number of hydrogen-bond acceptors (Lipinski definition) is 6. The molecule has 4 rings (SSSR count). The van der Waals surface area contributed by atoms with Gasteiger partial charge in [-0.2, -0.15) is 0 Å². The minimum atomic E-state index is -0.371. The first-order valence-corrected chi connectivity index (χ1v) is 10.4. The van der Waals surface area contributed by atoms with Gasteiger partial charge in [0.05, 0.1) is 4.47 Å². The summed E-state index contributed by atoms with van der Waals surface area (Å²) in [6.07, 6.45) is 0. The van der Waals surface area contributed by atoms with E-state index >= 15 is 0 Å². The van der Waals surface area contributed by atoms with E-state index < -0.39 is 0 Å². The zero-order chi connectivity index (χ0) is 21.8. The molecule has 0 aliphatic rings. The van der Waals surface area contributed by atoms with Crippen LogP contribution in [0.2, 0.25) is 0 Å². The summed E-state index contributed by atoms with van der Waals surface area (Å²) in [4.78, 5) is 16.5. The highest BCUT2D eigenvalue weighted by molar-refractivity contribution is 9.10. The zero-order valence-corrected chi connectivity index (χ0v) is 18.4. The van der Waals surface area contributed by atoms with E-state index in [1.54, 1.807) is 48.5 Å². The normalized spacial score (nSPS) is 10.6. The third kappa shape index (κ3) is 5.19. The molecule has 31 heavy (non-hydrogen) atoms. The number of hydrogen-bond donors (Lipinski definition) is 3. The van der Waals surface area contributed by atoms with Crippen molar-refractivity contribution in [3.63, 3.8) is 0 Å². The van der Waals surface area contributed by atoms with Gasteiger partial charge in [0, 0.05) is 11.3 Å². The molecule has 0 atom stereocenters. The van der Waals surface area contributed by atoms with Crippen LogP contribution in [0.1, 0.15) is 0 Å². The van der Waals surface area contributed by atoms with Crippen molar-refractivity contribution in [2.75, 3.05) is 11.9 Å². The molecular formula is C22H16BrN3O4S. The second kappa shape index (κ2) is 9.15. The van der Waals surface area contributed by atoms with Crippen LogP contribution in [0, 0.1) is 0 Å². The van der Waals surface area contributed by atoms with Crippen LogP contribution in [0.3, 0.4) is 0 Å². The van der Waals surface area contributed by atoms with E-state index in [9.17, 15) is 9.90 Å². The van der Waals surface area contributed by atoms with Gasteiger partial charge in [0.15, 0.2) is 17.3 Å². The van der Waals surface area contributed by atoms with E-state index in [1.807, 2.05) is 18.2 Å². The molecule has 0 aliphatic carbocycles. The van der Waals surface area contributed by atoms with Gasteiger partial charge >= 0.3 is 0 Å². The van der Waals surface area contributed by atoms with Crippen LogP contribution in [0.25, 0.3) is 22.6 Å². The van der Waals surface area contributed by atoms with Gasteiger partial charge in [-0.25, -0.2) is 4.98 Å². The number of anilines is 1. The molecule has 9 heteroatoms. The number of carbonyl (C=O) groups is 1. The van der Waals surface area contributed by atoms with Gasteiger partial charge in [0.2, 0.25) is 5.89 Å². The number of oxazole rings is 1. The second-order valence-electron chi connectivity index (χ2n) is 6.47. The fourth-order valence-electron chi connectivity index (χ4n) is 2.76.